The molecule has 29 heavy (non-hydrogen) atoms. The lowest BCUT2D eigenvalue weighted by molar-refractivity contribution is -0.0509. The van der Waals surface area contributed by atoms with Gasteiger partial charge in [-0.05, 0) is 77.7 Å². The third kappa shape index (κ3) is 7.87. The van der Waals surface area contributed by atoms with E-state index in [2.05, 4.69) is 19.9 Å². The summed E-state index contributed by atoms with van der Waals surface area (Å²) in [6.07, 6.45) is 6.70. The molecule has 0 aliphatic rings. The second kappa shape index (κ2) is 10.4. The van der Waals surface area contributed by atoms with E-state index in [9.17, 15) is 15.0 Å². The van der Waals surface area contributed by atoms with Gasteiger partial charge in [0.2, 0.25) is 0 Å². The molecule has 1 aromatic carbocycles. The van der Waals surface area contributed by atoms with Gasteiger partial charge in [0.15, 0.2) is 0 Å². The highest BCUT2D eigenvalue weighted by molar-refractivity contribution is 5.77. The van der Waals surface area contributed by atoms with Crippen LogP contribution in [0.4, 0.5) is 0 Å². The van der Waals surface area contributed by atoms with E-state index in [-0.39, 0.29) is 5.63 Å². The van der Waals surface area contributed by atoms with Crippen molar-refractivity contribution in [2.75, 3.05) is 6.61 Å². The second-order valence-corrected chi connectivity index (χ2v) is 8.11. The van der Waals surface area contributed by atoms with Crippen LogP contribution in [0.3, 0.4) is 0 Å². The minimum atomic E-state index is -1.06. The summed E-state index contributed by atoms with van der Waals surface area (Å²) in [5.41, 5.74) is 1.54. The fraction of sp³-hybridized carbons (Fsp3) is 0.458. The maximum absolute atomic E-state index is 11.3. The Bertz CT molecular complexity index is 915. The highest BCUT2D eigenvalue weighted by Gasteiger charge is 2.23. The smallest absolute Gasteiger partial charge is 0.336 e. The Labute approximate surface area is 172 Å². The lowest BCUT2D eigenvalue weighted by atomic mass is 9.95. The van der Waals surface area contributed by atoms with Crippen molar-refractivity contribution in [2.45, 2.75) is 65.1 Å². The first-order chi connectivity index (χ1) is 13.6. The Morgan fingerprint density at radius 3 is 2.55 bits per heavy atom. The normalized spacial score (nSPS) is 14.3. The summed E-state index contributed by atoms with van der Waals surface area (Å²) in [5, 5.41) is 20.5. The largest absolute Gasteiger partial charge is 0.489 e. The molecule has 2 rings (SSSR count). The van der Waals surface area contributed by atoms with Gasteiger partial charge < -0.3 is 19.4 Å². The maximum Gasteiger partial charge on any atom is 0.336 e. The van der Waals surface area contributed by atoms with Crippen molar-refractivity contribution in [3.05, 3.63) is 64.1 Å². The molecule has 5 heteroatoms. The van der Waals surface area contributed by atoms with Crippen LogP contribution >= 0.6 is 0 Å². The van der Waals surface area contributed by atoms with Crippen LogP contribution < -0.4 is 10.4 Å². The zero-order chi connectivity index (χ0) is 21.4. The lowest BCUT2D eigenvalue weighted by Gasteiger charge is -2.24. The van der Waals surface area contributed by atoms with Crippen LogP contribution in [0.5, 0.6) is 5.75 Å². The summed E-state index contributed by atoms with van der Waals surface area (Å²) in [6, 6.07) is 8.59. The van der Waals surface area contributed by atoms with Crippen molar-refractivity contribution in [1.29, 1.82) is 0 Å². The summed E-state index contributed by atoms with van der Waals surface area (Å²) < 4.78 is 10.9. The topological polar surface area (TPSA) is 79.9 Å². The Balaban J connectivity index is 1.76. The van der Waals surface area contributed by atoms with Gasteiger partial charge in [0.25, 0.3) is 0 Å². The number of fused-ring (bicyclic) bond motifs is 1. The molecule has 158 valence electrons. The van der Waals surface area contributed by atoms with Gasteiger partial charge in [-0.2, -0.15) is 0 Å². The molecule has 0 amide bonds. The van der Waals surface area contributed by atoms with E-state index in [4.69, 9.17) is 9.15 Å². The number of ether oxygens (including phenoxy) is 1. The first kappa shape index (κ1) is 22.9. The third-order valence-electron chi connectivity index (χ3n) is 4.94. The van der Waals surface area contributed by atoms with Gasteiger partial charge in [0.05, 0.1) is 11.7 Å². The lowest BCUT2D eigenvalue weighted by Crippen LogP contribution is -2.35. The molecule has 5 nitrogen and oxygen atoms in total. The highest BCUT2D eigenvalue weighted by Crippen LogP contribution is 2.20. The Morgan fingerprint density at radius 2 is 1.83 bits per heavy atom. The highest BCUT2D eigenvalue weighted by atomic mass is 16.5. The van der Waals surface area contributed by atoms with Crippen LogP contribution in [0, 0.1) is 0 Å². The van der Waals surface area contributed by atoms with E-state index in [1.54, 1.807) is 26.0 Å². The molecule has 0 saturated heterocycles. The predicted molar refractivity (Wildman–Crippen MR) is 116 cm³/mol. The van der Waals surface area contributed by atoms with E-state index in [0.29, 0.717) is 24.4 Å². The summed E-state index contributed by atoms with van der Waals surface area (Å²) in [6.45, 7) is 7.83. The fourth-order valence-electron chi connectivity index (χ4n) is 2.88. The van der Waals surface area contributed by atoms with Crippen molar-refractivity contribution in [3.8, 4) is 5.75 Å². The van der Waals surface area contributed by atoms with E-state index < -0.39 is 11.7 Å². The Morgan fingerprint density at radius 1 is 1.14 bits per heavy atom. The zero-order valence-corrected chi connectivity index (χ0v) is 17.8. The minimum Gasteiger partial charge on any atom is -0.489 e. The molecule has 1 heterocycles. The number of hydrogen-bond acceptors (Lipinski definition) is 5. The van der Waals surface area contributed by atoms with Gasteiger partial charge >= 0.3 is 5.63 Å². The minimum absolute atomic E-state index is 0.372. The SMILES string of the molecule is C/C(=C\COc1ccc2ccc(=O)oc2c1)CC/C=C(\C)CC[C@H](O)C(C)(C)O. The Kier molecular flexibility index (Phi) is 8.23. The van der Waals surface area contributed by atoms with Crippen LogP contribution in [0.25, 0.3) is 11.0 Å². The van der Waals surface area contributed by atoms with Crippen LogP contribution in [-0.4, -0.2) is 28.5 Å². The molecule has 2 N–H and O–H groups in total. The molecule has 2 aromatic rings. The number of allylic oxidation sites excluding steroid dienone is 3. The molecule has 0 spiro atoms. The van der Waals surface area contributed by atoms with E-state index in [0.717, 1.165) is 24.6 Å². The van der Waals surface area contributed by atoms with Gasteiger partial charge in [0.1, 0.15) is 17.9 Å². The predicted octanol–water partition coefficient (Wildman–Crippen LogP) is 4.76. The summed E-state index contributed by atoms with van der Waals surface area (Å²) in [4.78, 5) is 11.3. The number of aliphatic hydroxyl groups is 2. The summed E-state index contributed by atoms with van der Waals surface area (Å²) >= 11 is 0. The molecule has 0 aliphatic heterocycles. The molecular weight excluding hydrogens is 368 g/mol. The van der Waals surface area contributed by atoms with E-state index in [1.807, 2.05) is 18.2 Å². The first-order valence-corrected chi connectivity index (χ1v) is 10.0. The molecule has 1 atom stereocenters. The molecule has 0 saturated carbocycles. The number of hydrogen-bond donors (Lipinski definition) is 2. The summed E-state index contributed by atoms with van der Waals surface area (Å²) in [7, 11) is 0. The van der Waals surface area contributed by atoms with Gasteiger partial charge in [0, 0.05) is 17.5 Å². The second-order valence-electron chi connectivity index (χ2n) is 8.11. The average Bonchev–Trinajstić information content (AvgIpc) is 2.65. The van der Waals surface area contributed by atoms with Gasteiger partial charge in [-0.25, -0.2) is 4.79 Å². The molecule has 1 aromatic heterocycles. The monoisotopic (exact) mass is 400 g/mol. The van der Waals surface area contributed by atoms with E-state index >= 15 is 0 Å². The van der Waals surface area contributed by atoms with E-state index in [1.165, 1.54) is 17.2 Å². The number of rotatable bonds is 10. The molecule has 0 bridgehead atoms. The first-order valence-electron chi connectivity index (χ1n) is 10.0. The molecule has 0 unspecified atom stereocenters. The fourth-order valence-corrected chi connectivity index (χ4v) is 2.88. The van der Waals surface area contributed by atoms with Crippen LogP contribution in [0.15, 0.2) is 62.8 Å². The number of aliphatic hydroxyl groups excluding tert-OH is 1. The molecule has 0 fully saturated rings. The van der Waals surface area contributed by atoms with Crippen LogP contribution in [-0.2, 0) is 0 Å². The van der Waals surface area contributed by atoms with Crippen molar-refractivity contribution in [3.63, 3.8) is 0 Å². The summed E-state index contributed by atoms with van der Waals surface area (Å²) in [5.74, 6) is 0.664. The number of benzene rings is 1. The standard InChI is InChI=1S/C24H32O5/c1-17(8-12-22(25)24(3,4)27)6-5-7-18(2)14-15-28-20-11-9-19-10-13-23(26)29-21(19)16-20/h6,9-11,13-14,16,22,25,27H,5,7-8,12,15H2,1-4H3/b17-6+,18-14+/t22-/m0/s1. The van der Waals surface area contributed by atoms with Crippen LogP contribution in [0.1, 0.15) is 53.4 Å². The zero-order valence-electron chi connectivity index (χ0n) is 17.8. The van der Waals surface area contributed by atoms with Gasteiger partial charge in [-0.15, -0.1) is 0 Å². The van der Waals surface area contributed by atoms with Crippen molar-refractivity contribution in [1.82, 2.24) is 0 Å². The Hall–Kier alpha value is -2.37. The van der Waals surface area contributed by atoms with Crippen LogP contribution in [0.2, 0.25) is 0 Å². The average molecular weight is 401 g/mol. The van der Waals surface area contributed by atoms with Crippen molar-refractivity contribution >= 4 is 11.0 Å². The van der Waals surface area contributed by atoms with Crippen molar-refractivity contribution in [2.24, 2.45) is 0 Å². The molecule has 0 aliphatic carbocycles. The molecular formula is C24H32O5. The van der Waals surface area contributed by atoms with Gasteiger partial charge in [-0.3, -0.25) is 0 Å². The van der Waals surface area contributed by atoms with Crippen molar-refractivity contribution < 1.29 is 19.4 Å². The third-order valence-corrected chi connectivity index (χ3v) is 4.94. The van der Waals surface area contributed by atoms with Gasteiger partial charge in [-0.1, -0.05) is 17.2 Å². The maximum atomic E-state index is 11.3. The quantitative estimate of drug-likeness (QED) is 0.444. The molecule has 0 radical (unpaired) electrons.